The number of piperazine rings is 1. The summed E-state index contributed by atoms with van der Waals surface area (Å²) in [5.41, 5.74) is 1.87. The molecule has 11 nitrogen and oxygen atoms in total. The van der Waals surface area contributed by atoms with Crippen LogP contribution < -0.4 is 20.4 Å². The lowest BCUT2D eigenvalue weighted by molar-refractivity contribution is -0.134. The van der Waals surface area contributed by atoms with Crippen molar-refractivity contribution in [2.75, 3.05) is 43.0 Å². The Hall–Kier alpha value is -3.34. The molecule has 3 heterocycles. The highest BCUT2D eigenvalue weighted by Gasteiger charge is 2.37. The normalized spacial score (nSPS) is 22.3. The number of benzene rings is 1. The van der Waals surface area contributed by atoms with Crippen molar-refractivity contribution in [3.05, 3.63) is 23.3 Å². The number of nitrogens with zero attached hydrogens (tertiary/aromatic N) is 3. The number of anilines is 2. The Bertz CT molecular complexity index is 1050. The number of carboxylic acids is 1. The Morgan fingerprint density at radius 2 is 1.91 bits per heavy atom. The largest absolute Gasteiger partial charge is 0.478 e. The molecule has 2 fully saturated rings. The first-order valence-corrected chi connectivity index (χ1v) is 11.9. The van der Waals surface area contributed by atoms with Gasteiger partial charge in [0.1, 0.15) is 5.60 Å². The highest BCUT2D eigenvalue weighted by Crippen LogP contribution is 2.38. The summed E-state index contributed by atoms with van der Waals surface area (Å²) in [6.07, 6.45) is 0.282. The molecule has 0 bridgehead atoms. The number of imide groups is 1. The standard InChI is InChI=1S/C24H33N5O6/c1-24(2,3)35-23(34)28-7-8-29-15(13-28)12-27(4)18-10-16(22(32)33)14(9-19(18)29)11-25-17-5-6-20(30)26-21(17)31/h9-10,15,17,25H,5-8,11-13H2,1-4H3,(H,32,33)(H,26,30,31). The number of amides is 3. The minimum absolute atomic E-state index is 0.0281. The molecule has 3 aliphatic heterocycles. The average Bonchev–Trinajstić information content (AvgIpc) is 2.76. The molecule has 1 aromatic carbocycles. The predicted octanol–water partition coefficient (Wildman–Crippen LogP) is 1.16. The van der Waals surface area contributed by atoms with Crippen LogP contribution in [0.25, 0.3) is 0 Å². The average molecular weight is 488 g/mol. The first kappa shape index (κ1) is 24.8. The van der Waals surface area contributed by atoms with Crippen LogP contribution in [0.15, 0.2) is 12.1 Å². The van der Waals surface area contributed by atoms with Crippen molar-refractivity contribution in [3.8, 4) is 0 Å². The molecule has 11 heteroatoms. The molecule has 1 aromatic rings. The highest BCUT2D eigenvalue weighted by atomic mass is 16.6. The van der Waals surface area contributed by atoms with Crippen molar-refractivity contribution >= 4 is 35.3 Å². The third-order valence-corrected chi connectivity index (χ3v) is 6.55. The quantitative estimate of drug-likeness (QED) is 0.535. The molecule has 3 aliphatic rings. The number of nitrogens with one attached hydrogen (secondary N) is 2. The summed E-state index contributed by atoms with van der Waals surface area (Å²) in [5, 5.41) is 15.3. The molecule has 2 atom stereocenters. The van der Waals surface area contributed by atoms with Crippen LogP contribution in [0.1, 0.15) is 49.5 Å². The Morgan fingerprint density at radius 3 is 2.57 bits per heavy atom. The van der Waals surface area contributed by atoms with E-state index in [0.29, 0.717) is 38.2 Å². The molecular formula is C24H33N5O6. The van der Waals surface area contributed by atoms with E-state index in [-0.39, 0.29) is 36.6 Å². The maximum atomic E-state index is 12.6. The van der Waals surface area contributed by atoms with E-state index in [1.807, 2.05) is 38.8 Å². The van der Waals surface area contributed by atoms with Crippen LogP contribution in [0.2, 0.25) is 0 Å². The SMILES string of the molecule is CN1CC2CN(C(=O)OC(C)(C)C)CCN2c2cc(CNC3CCC(=O)NC3=O)c(C(=O)O)cc21. The first-order valence-electron chi connectivity index (χ1n) is 11.9. The fraction of sp³-hybridized carbons (Fsp3) is 0.583. The summed E-state index contributed by atoms with van der Waals surface area (Å²) < 4.78 is 5.55. The molecule has 35 heavy (non-hydrogen) atoms. The molecule has 3 amide bonds. The van der Waals surface area contributed by atoms with Gasteiger partial charge in [-0.05, 0) is 44.9 Å². The molecule has 4 rings (SSSR count). The van der Waals surface area contributed by atoms with Gasteiger partial charge in [-0.15, -0.1) is 0 Å². The molecule has 0 aromatic heterocycles. The highest BCUT2D eigenvalue weighted by molar-refractivity contribution is 6.00. The van der Waals surface area contributed by atoms with Gasteiger partial charge in [0, 0.05) is 46.2 Å². The van der Waals surface area contributed by atoms with E-state index in [1.165, 1.54) is 0 Å². The van der Waals surface area contributed by atoms with E-state index in [9.17, 15) is 24.3 Å². The number of likely N-dealkylation sites (N-methyl/N-ethyl adjacent to an activating group) is 1. The van der Waals surface area contributed by atoms with Crippen LogP contribution in [0, 0.1) is 0 Å². The predicted molar refractivity (Wildman–Crippen MR) is 129 cm³/mol. The number of ether oxygens (including phenoxy) is 1. The van der Waals surface area contributed by atoms with E-state index in [4.69, 9.17) is 4.74 Å². The van der Waals surface area contributed by atoms with Crippen LogP contribution in [0.5, 0.6) is 0 Å². The van der Waals surface area contributed by atoms with Gasteiger partial charge in [-0.3, -0.25) is 14.9 Å². The second-order valence-electron chi connectivity index (χ2n) is 10.3. The van der Waals surface area contributed by atoms with Crippen molar-refractivity contribution in [3.63, 3.8) is 0 Å². The smallest absolute Gasteiger partial charge is 0.410 e. The second kappa shape index (κ2) is 9.37. The lowest BCUT2D eigenvalue weighted by atomic mass is 9.98. The van der Waals surface area contributed by atoms with Gasteiger partial charge < -0.3 is 29.9 Å². The number of fused-ring (bicyclic) bond motifs is 3. The topological polar surface area (TPSA) is 132 Å². The minimum atomic E-state index is -1.04. The lowest BCUT2D eigenvalue weighted by Gasteiger charge is -2.49. The van der Waals surface area contributed by atoms with Gasteiger partial charge in [-0.2, -0.15) is 0 Å². The zero-order chi connectivity index (χ0) is 25.5. The van der Waals surface area contributed by atoms with Gasteiger partial charge in [0.05, 0.1) is 29.0 Å². The number of rotatable bonds is 4. The van der Waals surface area contributed by atoms with Crippen LogP contribution in [-0.4, -0.2) is 84.8 Å². The van der Waals surface area contributed by atoms with Gasteiger partial charge in [0.15, 0.2) is 0 Å². The van der Waals surface area contributed by atoms with Gasteiger partial charge in [-0.25, -0.2) is 9.59 Å². The van der Waals surface area contributed by atoms with Crippen molar-refractivity contribution < 1.29 is 29.0 Å². The number of hydrogen-bond donors (Lipinski definition) is 3. The summed E-state index contributed by atoms with van der Waals surface area (Å²) in [4.78, 5) is 54.1. The van der Waals surface area contributed by atoms with Crippen LogP contribution in [-0.2, 0) is 20.9 Å². The van der Waals surface area contributed by atoms with Crippen molar-refractivity contribution in [1.29, 1.82) is 0 Å². The molecule has 0 radical (unpaired) electrons. The monoisotopic (exact) mass is 487 g/mol. The number of carboxylic acid groups (broad SMARTS) is 1. The van der Waals surface area contributed by atoms with Crippen LogP contribution in [0.4, 0.5) is 16.2 Å². The minimum Gasteiger partial charge on any atom is -0.478 e. The van der Waals surface area contributed by atoms with Gasteiger partial charge in [-0.1, -0.05) is 0 Å². The summed E-state index contributed by atoms with van der Waals surface area (Å²) in [5.74, 6) is -1.74. The Morgan fingerprint density at radius 1 is 1.17 bits per heavy atom. The second-order valence-corrected chi connectivity index (χ2v) is 10.3. The summed E-state index contributed by atoms with van der Waals surface area (Å²) in [6.45, 7) is 7.94. The fourth-order valence-electron chi connectivity index (χ4n) is 4.86. The van der Waals surface area contributed by atoms with Crippen LogP contribution >= 0.6 is 0 Å². The Balaban J connectivity index is 1.55. The number of hydrogen-bond acceptors (Lipinski definition) is 8. The van der Waals surface area contributed by atoms with Gasteiger partial charge >= 0.3 is 12.1 Å². The number of carbonyl (C=O) groups is 4. The summed E-state index contributed by atoms with van der Waals surface area (Å²) >= 11 is 0. The summed E-state index contributed by atoms with van der Waals surface area (Å²) in [6, 6.07) is 3.01. The third-order valence-electron chi connectivity index (χ3n) is 6.55. The van der Waals surface area contributed by atoms with Gasteiger partial charge in [0.2, 0.25) is 11.8 Å². The molecule has 0 spiro atoms. The summed E-state index contributed by atoms with van der Waals surface area (Å²) in [7, 11) is 1.91. The molecule has 190 valence electrons. The lowest BCUT2D eigenvalue weighted by Crippen LogP contribution is -2.60. The van der Waals surface area contributed by atoms with Crippen molar-refractivity contribution in [1.82, 2.24) is 15.5 Å². The number of aromatic carboxylic acids is 1. The molecule has 3 N–H and O–H groups in total. The fourth-order valence-corrected chi connectivity index (χ4v) is 4.86. The van der Waals surface area contributed by atoms with E-state index >= 15 is 0 Å². The number of piperidine rings is 1. The van der Waals surface area contributed by atoms with E-state index in [0.717, 1.165) is 11.4 Å². The van der Waals surface area contributed by atoms with E-state index < -0.39 is 23.5 Å². The maximum absolute atomic E-state index is 12.6. The zero-order valence-corrected chi connectivity index (χ0v) is 20.6. The molecule has 2 saturated heterocycles. The third kappa shape index (κ3) is 5.34. The number of carbonyl (C=O) groups excluding carboxylic acids is 3. The molecule has 2 unspecified atom stereocenters. The van der Waals surface area contributed by atoms with Crippen molar-refractivity contribution in [2.24, 2.45) is 0 Å². The van der Waals surface area contributed by atoms with E-state index in [2.05, 4.69) is 15.5 Å². The van der Waals surface area contributed by atoms with Crippen molar-refractivity contribution in [2.45, 2.75) is 57.8 Å². The first-order chi connectivity index (χ1) is 16.4. The molecule has 0 aliphatic carbocycles. The molecule has 0 saturated carbocycles. The Kier molecular flexibility index (Phi) is 6.63. The van der Waals surface area contributed by atoms with Crippen LogP contribution in [0.3, 0.4) is 0 Å². The molecular weight excluding hydrogens is 454 g/mol. The maximum Gasteiger partial charge on any atom is 0.410 e. The Labute approximate surface area is 204 Å². The van der Waals surface area contributed by atoms with Gasteiger partial charge in [0.25, 0.3) is 0 Å². The van der Waals surface area contributed by atoms with E-state index in [1.54, 1.807) is 11.0 Å². The zero-order valence-electron chi connectivity index (χ0n) is 20.6.